The van der Waals surface area contributed by atoms with Crippen LogP contribution in [0.5, 0.6) is 0 Å². The van der Waals surface area contributed by atoms with Crippen molar-refractivity contribution in [2.75, 3.05) is 26.8 Å². The number of nitrogens with zero attached hydrogens (tertiary/aromatic N) is 2. The van der Waals surface area contributed by atoms with Crippen LogP contribution in [0.25, 0.3) is 0 Å². The first-order valence-corrected chi connectivity index (χ1v) is 6.73. The molecule has 0 radical (unpaired) electrons. The van der Waals surface area contributed by atoms with Gasteiger partial charge >= 0.3 is 5.97 Å². The van der Waals surface area contributed by atoms with Gasteiger partial charge in [0.25, 0.3) is 5.69 Å². The largest absolute Gasteiger partial charge is 0.481 e. The van der Waals surface area contributed by atoms with Crippen LogP contribution in [0.2, 0.25) is 0 Å². The fraction of sp³-hybridized carbons (Fsp3) is 0.500. The molecule has 1 aromatic rings. The monoisotopic (exact) mass is 294 g/mol. The molecule has 1 fully saturated rings. The third-order valence-electron chi connectivity index (χ3n) is 3.83. The number of benzene rings is 1. The van der Waals surface area contributed by atoms with Crippen molar-refractivity contribution in [3.05, 3.63) is 39.9 Å². The standard InChI is InChI=1S/C14H18N2O5/c1-15(13-9-21-8-12(13)14(17)18)7-6-10-2-4-11(5-3-10)16(19)20/h2-5,12-13H,6-9H2,1H3,(H,17,18). The van der Waals surface area contributed by atoms with Crippen LogP contribution in [0, 0.1) is 16.0 Å². The van der Waals surface area contributed by atoms with Crippen LogP contribution < -0.4 is 0 Å². The average Bonchev–Trinajstić information content (AvgIpc) is 2.95. The Kier molecular flexibility index (Phi) is 4.87. The normalized spacial score (nSPS) is 21.6. The molecule has 0 aliphatic carbocycles. The van der Waals surface area contributed by atoms with Gasteiger partial charge in [0.1, 0.15) is 0 Å². The van der Waals surface area contributed by atoms with E-state index in [9.17, 15) is 14.9 Å². The molecule has 1 saturated heterocycles. The number of hydrogen-bond acceptors (Lipinski definition) is 5. The van der Waals surface area contributed by atoms with Crippen LogP contribution in [0.15, 0.2) is 24.3 Å². The summed E-state index contributed by atoms with van der Waals surface area (Å²) in [5.41, 5.74) is 1.06. The van der Waals surface area contributed by atoms with Gasteiger partial charge in [-0.2, -0.15) is 0 Å². The zero-order valence-corrected chi connectivity index (χ0v) is 11.8. The van der Waals surface area contributed by atoms with E-state index in [4.69, 9.17) is 9.84 Å². The first-order chi connectivity index (χ1) is 9.99. The molecule has 0 spiro atoms. The van der Waals surface area contributed by atoms with E-state index in [1.165, 1.54) is 12.1 Å². The zero-order valence-electron chi connectivity index (χ0n) is 11.8. The second kappa shape index (κ2) is 6.64. The smallest absolute Gasteiger partial charge is 0.310 e. The Balaban J connectivity index is 1.90. The third-order valence-corrected chi connectivity index (χ3v) is 3.83. The van der Waals surface area contributed by atoms with E-state index >= 15 is 0 Å². The number of rotatable bonds is 6. The predicted molar refractivity (Wildman–Crippen MR) is 75.2 cm³/mol. The molecule has 0 saturated carbocycles. The molecule has 7 nitrogen and oxygen atoms in total. The number of carbonyl (C=O) groups is 1. The summed E-state index contributed by atoms with van der Waals surface area (Å²) in [4.78, 5) is 23.3. The first-order valence-electron chi connectivity index (χ1n) is 6.73. The number of carboxylic acid groups (broad SMARTS) is 1. The number of likely N-dealkylation sites (N-methyl/N-ethyl adjacent to an activating group) is 1. The Hall–Kier alpha value is -1.99. The number of ether oxygens (including phenoxy) is 1. The molecule has 7 heteroatoms. The molecule has 114 valence electrons. The number of carboxylic acids is 1. The van der Waals surface area contributed by atoms with Crippen molar-refractivity contribution in [3.63, 3.8) is 0 Å². The minimum Gasteiger partial charge on any atom is -0.481 e. The van der Waals surface area contributed by atoms with Crippen molar-refractivity contribution in [2.24, 2.45) is 5.92 Å². The second-order valence-corrected chi connectivity index (χ2v) is 5.20. The van der Waals surface area contributed by atoms with Crippen molar-refractivity contribution >= 4 is 11.7 Å². The van der Waals surface area contributed by atoms with Gasteiger partial charge in [0, 0.05) is 24.7 Å². The number of nitro groups is 1. The highest BCUT2D eigenvalue weighted by Gasteiger charge is 2.36. The number of non-ortho nitro benzene ring substituents is 1. The third kappa shape index (κ3) is 3.77. The van der Waals surface area contributed by atoms with E-state index in [1.807, 2.05) is 11.9 Å². The predicted octanol–water partition coefficient (Wildman–Crippen LogP) is 1.17. The van der Waals surface area contributed by atoms with Gasteiger partial charge in [-0.25, -0.2) is 0 Å². The summed E-state index contributed by atoms with van der Waals surface area (Å²) in [6.07, 6.45) is 0.706. The average molecular weight is 294 g/mol. The molecule has 0 amide bonds. The summed E-state index contributed by atoms with van der Waals surface area (Å²) in [5.74, 6) is -1.33. The summed E-state index contributed by atoms with van der Waals surface area (Å²) < 4.78 is 5.25. The summed E-state index contributed by atoms with van der Waals surface area (Å²) >= 11 is 0. The van der Waals surface area contributed by atoms with E-state index in [-0.39, 0.29) is 18.3 Å². The lowest BCUT2D eigenvalue weighted by atomic mass is 10.0. The second-order valence-electron chi connectivity index (χ2n) is 5.20. The number of aliphatic carboxylic acids is 1. The lowest BCUT2D eigenvalue weighted by molar-refractivity contribution is -0.384. The lowest BCUT2D eigenvalue weighted by Gasteiger charge is -2.26. The zero-order chi connectivity index (χ0) is 15.4. The van der Waals surface area contributed by atoms with Gasteiger partial charge < -0.3 is 9.84 Å². The fourth-order valence-electron chi connectivity index (χ4n) is 2.47. The lowest BCUT2D eigenvalue weighted by Crippen LogP contribution is -2.41. The van der Waals surface area contributed by atoms with E-state index < -0.39 is 16.8 Å². The molecule has 1 N–H and O–H groups in total. The summed E-state index contributed by atoms with van der Waals surface area (Å²) in [6.45, 7) is 1.35. The maximum Gasteiger partial charge on any atom is 0.310 e. The molecule has 1 aromatic carbocycles. The van der Waals surface area contributed by atoms with Crippen molar-refractivity contribution in [2.45, 2.75) is 12.5 Å². The Morgan fingerprint density at radius 2 is 2.10 bits per heavy atom. The van der Waals surface area contributed by atoms with Crippen LogP contribution in [0.1, 0.15) is 5.56 Å². The van der Waals surface area contributed by atoms with Crippen LogP contribution in [-0.4, -0.2) is 53.7 Å². The van der Waals surface area contributed by atoms with Gasteiger partial charge in [-0.15, -0.1) is 0 Å². The number of hydrogen-bond donors (Lipinski definition) is 1. The van der Waals surface area contributed by atoms with Crippen molar-refractivity contribution in [3.8, 4) is 0 Å². The van der Waals surface area contributed by atoms with E-state index in [0.29, 0.717) is 19.6 Å². The first kappa shape index (κ1) is 15.4. The van der Waals surface area contributed by atoms with Gasteiger partial charge in [0.05, 0.1) is 24.1 Å². The summed E-state index contributed by atoms with van der Waals surface area (Å²) in [5, 5.41) is 19.7. The van der Waals surface area contributed by atoms with Crippen LogP contribution in [0.4, 0.5) is 5.69 Å². The van der Waals surface area contributed by atoms with Crippen LogP contribution in [-0.2, 0) is 16.0 Å². The molecule has 21 heavy (non-hydrogen) atoms. The molecular formula is C14H18N2O5. The minimum absolute atomic E-state index is 0.0715. The topological polar surface area (TPSA) is 92.9 Å². The van der Waals surface area contributed by atoms with Crippen molar-refractivity contribution in [1.29, 1.82) is 0 Å². The highest BCUT2D eigenvalue weighted by molar-refractivity contribution is 5.71. The highest BCUT2D eigenvalue weighted by atomic mass is 16.6. The Morgan fingerprint density at radius 3 is 2.67 bits per heavy atom. The SMILES string of the molecule is CN(CCc1ccc([N+](=O)[O-])cc1)C1COCC1C(=O)O. The summed E-state index contributed by atoms with van der Waals surface area (Å²) in [7, 11) is 1.88. The van der Waals surface area contributed by atoms with Crippen molar-refractivity contribution < 1.29 is 19.6 Å². The van der Waals surface area contributed by atoms with Crippen molar-refractivity contribution in [1.82, 2.24) is 4.90 Å². The molecular weight excluding hydrogens is 276 g/mol. The van der Waals surface area contributed by atoms with Gasteiger partial charge in [-0.3, -0.25) is 19.8 Å². The van der Waals surface area contributed by atoms with Gasteiger partial charge in [-0.1, -0.05) is 12.1 Å². The Bertz CT molecular complexity index is 517. The molecule has 1 aliphatic rings. The molecule has 0 aromatic heterocycles. The molecule has 0 bridgehead atoms. The number of nitro benzene ring substituents is 1. The Morgan fingerprint density at radius 1 is 1.43 bits per heavy atom. The quantitative estimate of drug-likeness (QED) is 0.625. The minimum atomic E-state index is -0.834. The highest BCUT2D eigenvalue weighted by Crippen LogP contribution is 2.19. The maximum absolute atomic E-state index is 11.1. The van der Waals surface area contributed by atoms with E-state index in [1.54, 1.807) is 12.1 Å². The van der Waals surface area contributed by atoms with Crippen LogP contribution in [0.3, 0.4) is 0 Å². The van der Waals surface area contributed by atoms with Crippen LogP contribution >= 0.6 is 0 Å². The van der Waals surface area contributed by atoms with Gasteiger partial charge in [0.15, 0.2) is 0 Å². The molecule has 2 unspecified atom stereocenters. The molecule has 1 heterocycles. The summed E-state index contributed by atoms with van der Waals surface area (Å²) in [6, 6.07) is 6.29. The fourth-order valence-corrected chi connectivity index (χ4v) is 2.47. The van der Waals surface area contributed by atoms with Gasteiger partial charge in [0.2, 0.25) is 0 Å². The molecule has 2 rings (SSSR count). The van der Waals surface area contributed by atoms with E-state index in [2.05, 4.69) is 0 Å². The van der Waals surface area contributed by atoms with E-state index in [0.717, 1.165) is 5.56 Å². The van der Waals surface area contributed by atoms with Gasteiger partial charge in [-0.05, 0) is 19.0 Å². The molecule has 1 aliphatic heterocycles. The maximum atomic E-state index is 11.1. The molecule has 2 atom stereocenters. The Labute approximate surface area is 122 Å².